The number of rotatable bonds is 4. The molecule has 2 aliphatic heterocycles. The van der Waals surface area contributed by atoms with Crippen LogP contribution < -0.4 is 0 Å². The number of sulfone groups is 1. The largest absolute Gasteiger partial charge is 0.467 e. The van der Waals surface area contributed by atoms with E-state index in [1.165, 1.54) is 12.0 Å². The van der Waals surface area contributed by atoms with Gasteiger partial charge in [0.2, 0.25) is 0 Å². The van der Waals surface area contributed by atoms with Gasteiger partial charge in [-0.25, -0.2) is 18.0 Å². The summed E-state index contributed by atoms with van der Waals surface area (Å²) >= 11 is 1.04. The Morgan fingerprint density at radius 1 is 1.26 bits per heavy atom. The molecule has 0 bridgehead atoms. The van der Waals surface area contributed by atoms with Crippen LogP contribution in [0.1, 0.15) is 40.1 Å². The summed E-state index contributed by atoms with van der Waals surface area (Å²) in [7, 11) is -2.17. The Hall–Kier alpha value is -2.40. The van der Waals surface area contributed by atoms with Gasteiger partial charge in [0.1, 0.15) is 10.8 Å². The second kappa shape index (κ2) is 8.27. The molecule has 4 rings (SSSR count). The molecule has 11 heteroatoms. The van der Waals surface area contributed by atoms with Crippen molar-refractivity contribution in [3.05, 3.63) is 22.1 Å². The molecule has 2 amide bonds. The molecule has 1 aliphatic carbocycles. The Bertz CT molecular complexity index is 1050. The number of hydrogen-bond acceptors (Lipinski definition) is 8. The fourth-order valence-electron chi connectivity index (χ4n) is 4.39. The Labute approximate surface area is 184 Å². The first-order valence-corrected chi connectivity index (χ1v) is 12.8. The predicted octanol–water partition coefficient (Wildman–Crippen LogP) is 1.71. The SMILES string of the molecule is COC(=O)[C@H]1COC(=O)N1C1CCN(C(=O)c2sc(S(C)(=O)=O)c3c2CCC=C3)CC1. The predicted molar refractivity (Wildman–Crippen MR) is 113 cm³/mol. The lowest BCUT2D eigenvalue weighted by Crippen LogP contribution is -2.52. The van der Waals surface area contributed by atoms with Gasteiger partial charge in [0.25, 0.3) is 5.91 Å². The number of carbonyl (C=O) groups is 3. The first-order chi connectivity index (χ1) is 14.7. The van der Waals surface area contributed by atoms with Gasteiger partial charge in [-0.2, -0.15) is 0 Å². The fourth-order valence-corrected chi connectivity index (χ4v) is 6.88. The molecule has 0 aromatic carbocycles. The third-order valence-electron chi connectivity index (χ3n) is 5.92. The zero-order valence-corrected chi connectivity index (χ0v) is 19.0. The van der Waals surface area contributed by atoms with Gasteiger partial charge in [-0.3, -0.25) is 9.69 Å². The van der Waals surface area contributed by atoms with E-state index in [9.17, 15) is 22.8 Å². The molecule has 2 saturated heterocycles. The Morgan fingerprint density at radius 3 is 2.61 bits per heavy atom. The highest BCUT2D eigenvalue weighted by Crippen LogP contribution is 2.38. The molecule has 0 radical (unpaired) electrons. The Morgan fingerprint density at radius 2 is 1.97 bits per heavy atom. The Balaban J connectivity index is 1.51. The van der Waals surface area contributed by atoms with E-state index in [1.54, 1.807) is 11.0 Å². The van der Waals surface area contributed by atoms with Gasteiger partial charge in [-0.05, 0) is 31.2 Å². The van der Waals surface area contributed by atoms with Crippen LogP contribution in [0.5, 0.6) is 0 Å². The highest BCUT2D eigenvalue weighted by atomic mass is 32.2. The van der Waals surface area contributed by atoms with Crippen molar-refractivity contribution in [3.8, 4) is 0 Å². The molecule has 1 atom stereocenters. The monoisotopic (exact) mass is 468 g/mol. The summed E-state index contributed by atoms with van der Waals surface area (Å²) in [6.07, 6.45) is 6.74. The molecule has 0 unspecified atom stereocenters. The molecule has 1 aromatic rings. The van der Waals surface area contributed by atoms with Crippen molar-refractivity contribution < 1.29 is 32.3 Å². The molecule has 0 saturated carbocycles. The molecular formula is C20H24N2O7S2. The number of fused-ring (bicyclic) bond motifs is 1. The minimum Gasteiger partial charge on any atom is -0.467 e. The number of esters is 1. The van der Waals surface area contributed by atoms with E-state index in [-0.39, 0.29) is 22.8 Å². The van der Waals surface area contributed by atoms with Crippen LogP contribution in [0, 0.1) is 0 Å². The molecule has 0 spiro atoms. The maximum Gasteiger partial charge on any atom is 0.410 e. The molecule has 3 aliphatic rings. The van der Waals surface area contributed by atoms with Crippen LogP contribution in [0.15, 0.2) is 10.3 Å². The normalized spacial score (nSPS) is 21.7. The fraction of sp³-hybridized carbons (Fsp3) is 0.550. The average Bonchev–Trinajstić information content (AvgIpc) is 3.34. The number of ether oxygens (including phenoxy) is 2. The van der Waals surface area contributed by atoms with Gasteiger partial charge >= 0.3 is 12.1 Å². The van der Waals surface area contributed by atoms with Crippen LogP contribution in [0.25, 0.3) is 6.08 Å². The van der Waals surface area contributed by atoms with Crippen molar-refractivity contribution in [1.29, 1.82) is 0 Å². The minimum atomic E-state index is -3.44. The number of methoxy groups -OCH3 is 1. The van der Waals surface area contributed by atoms with Crippen LogP contribution >= 0.6 is 11.3 Å². The number of thiophene rings is 1. The van der Waals surface area contributed by atoms with Gasteiger partial charge in [0.15, 0.2) is 15.9 Å². The maximum atomic E-state index is 13.3. The molecule has 2 fully saturated rings. The summed E-state index contributed by atoms with van der Waals surface area (Å²) < 4.78 is 34.5. The van der Waals surface area contributed by atoms with Crippen LogP contribution in [0.3, 0.4) is 0 Å². The summed E-state index contributed by atoms with van der Waals surface area (Å²) in [5.41, 5.74) is 1.44. The number of nitrogens with zero attached hydrogens (tertiary/aromatic N) is 2. The van der Waals surface area contributed by atoms with E-state index in [4.69, 9.17) is 9.47 Å². The Kier molecular flexibility index (Phi) is 5.82. The van der Waals surface area contributed by atoms with E-state index in [0.717, 1.165) is 29.6 Å². The number of hydrogen-bond donors (Lipinski definition) is 0. The summed E-state index contributed by atoms with van der Waals surface area (Å²) in [6.45, 7) is 0.767. The quantitative estimate of drug-likeness (QED) is 0.619. The molecule has 1 aromatic heterocycles. The molecule has 0 N–H and O–H groups in total. The van der Waals surface area contributed by atoms with Crippen LogP contribution in [0.2, 0.25) is 0 Å². The minimum absolute atomic E-state index is 0.0340. The zero-order valence-electron chi connectivity index (χ0n) is 17.3. The molecule has 9 nitrogen and oxygen atoms in total. The number of amides is 2. The molecule has 3 heterocycles. The van der Waals surface area contributed by atoms with Crippen molar-refractivity contribution in [2.45, 2.75) is 42.0 Å². The topological polar surface area (TPSA) is 110 Å². The van der Waals surface area contributed by atoms with E-state index in [2.05, 4.69) is 0 Å². The van der Waals surface area contributed by atoms with E-state index < -0.39 is 27.9 Å². The second-order valence-corrected chi connectivity index (χ2v) is 11.1. The van der Waals surface area contributed by atoms with Gasteiger partial charge in [0, 0.05) is 31.0 Å². The van der Waals surface area contributed by atoms with E-state index in [1.807, 2.05) is 6.08 Å². The van der Waals surface area contributed by atoms with E-state index in [0.29, 0.717) is 42.8 Å². The van der Waals surface area contributed by atoms with Gasteiger partial charge in [0.05, 0.1) is 12.0 Å². The smallest absolute Gasteiger partial charge is 0.410 e. The number of carbonyl (C=O) groups excluding carboxylic acids is 3. The number of cyclic esters (lactones) is 1. The summed E-state index contributed by atoms with van der Waals surface area (Å²) in [5, 5.41) is 0. The average molecular weight is 469 g/mol. The van der Waals surface area contributed by atoms with Crippen molar-refractivity contribution in [2.24, 2.45) is 0 Å². The standard InChI is InChI=1S/C20H24N2O7S2/c1-28-18(24)15-11-29-20(25)22(15)12-7-9-21(10-8-12)17(23)16-13-5-3-4-6-14(13)19(30-16)31(2,26)27/h4,6,12,15H,3,5,7-11H2,1-2H3/t15-/m1/s1. The van der Waals surface area contributed by atoms with Gasteiger partial charge < -0.3 is 14.4 Å². The summed E-state index contributed by atoms with van der Waals surface area (Å²) in [6, 6.07) is -0.993. The van der Waals surface area contributed by atoms with Crippen molar-refractivity contribution >= 4 is 45.2 Å². The maximum absolute atomic E-state index is 13.3. The van der Waals surface area contributed by atoms with Crippen LogP contribution in [0.4, 0.5) is 4.79 Å². The van der Waals surface area contributed by atoms with Crippen molar-refractivity contribution in [1.82, 2.24) is 9.80 Å². The number of likely N-dealkylation sites (tertiary alicyclic amines) is 1. The van der Waals surface area contributed by atoms with Crippen molar-refractivity contribution in [2.75, 3.05) is 33.1 Å². The molecule has 168 valence electrons. The molecular weight excluding hydrogens is 444 g/mol. The lowest BCUT2D eigenvalue weighted by molar-refractivity contribution is -0.145. The highest BCUT2D eigenvalue weighted by Gasteiger charge is 2.44. The third kappa shape index (κ3) is 3.96. The first kappa shape index (κ1) is 21.8. The third-order valence-corrected chi connectivity index (χ3v) is 9.00. The second-order valence-electron chi connectivity index (χ2n) is 7.87. The molecule has 31 heavy (non-hydrogen) atoms. The first-order valence-electron chi connectivity index (χ1n) is 10.1. The lowest BCUT2D eigenvalue weighted by Gasteiger charge is -2.37. The lowest BCUT2D eigenvalue weighted by atomic mass is 9.98. The van der Waals surface area contributed by atoms with Crippen LogP contribution in [-0.2, 0) is 30.5 Å². The number of piperidine rings is 1. The van der Waals surface area contributed by atoms with Crippen LogP contribution in [-0.4, -0.2) is 81.3 Å². The van der Waals surface area contributed by atoms with Crippen molar-refractivity contribution in [3.63, 3.8) is 0 Å². The van der Waals surface area contributed by atoms with Gasteiger partial charge in [-0.15, -0.1) is 11.3 Å². The number of allylic oxidation sites excluding steroid dienone is 1. The summed E-state index contributed by atoms with van der Waals surface area (Å²) in [4.78, 5) is 41.0. The van der Waals surface area contributed by atoms with Gasteiger partial charge in [-0.1, -0.05) is 12.2 Å². The zero-order chi connectivity index (χ0) is 22.3. The van der Waals surface area contributed by atoms with E-state index >= 15 is 0 Å². The summed E-state index contributed by atoms with van der Waals surface area (Å²) in [5.74, 6) is -0.700. The highest BCUT2D eigenvalue weighted by molar-refractivity contribution is 7.92.